The topological polar surface area (TPSA) is 54.3 Å². The number of hydrogen-bond acceptors (Lipinski definition) is 4. The molecule has 1 amide bonds. The Hall–Kier alpha value is -2.89. The Morgan fingerprint density at radius 2 is 1.83 bits per heavy atom. The summed E-state index contributed by atoms with van der Waals surface area (Å²) in [5, 5.41) is 1.17. The maximum Gasteiger partial charge on any atom is 0.227 e. The van der Waals surface area contributed by atoms with Crippen LogP contribution >= 0.6 is 0 Å². The third kappa shape index (κ3) is 3.97. The van der Waals surface area contributed by atoms with Crippen LogP contribution in [0.2, 0.25) is 0 Å². The SMILES string of the molecule is Cc1cc(N2CCN(C(=O)Cc3cn(C)c4ccccc34)CC2)nc(C(C)C)n1. The largest absolute Gasteiger partial charge is 0.353 e. The summed E-state index contributed by atoms with van der Waals surface area (Å²) in [5.74, 6) is 2.36. The quantitative estimate of drug-likeness (QED) is 0.685. The highest BCUT2D eigenvalue weighted by Crippen LogP contribution is 2.22. The molecule has 1 saturated heterocycles. The zero-order chi connectivity index (χ0) is 20.5. The van der Waals surface area contributed by atoms with Gasteiger partial charge in [0.25, 0.3) is 0 Å². The fraction of sp³-hybridized carbons (Fsp3) is 0.435. The lowest BCUT2D eigenvalue weighted by atomic mass is 10.1. The summed E-state index contributed by atoms with van der Waals surface area (Å²) in [6.45, 7) is 9.30. The molecular formula is C23H29N5O. The van der Waals surface area contributed by atoms with E-state index in [1.165, 1.54) is 10.9 Å². The number of para-hydroxylation sites is 1. The number of aromatic nitrogens is 3. The van der Waals surface area contributed by atoms with Gasteiger partial charge in [-0.15, -0.1) is 0 Å². The van der Waals surface area contributed by atoms with E-state index in [0.29, 0.717) is 12.3 Å². The molecule has 1 aliphatic rings. The van der Waals surface area contributed by atoms with Gasteiger partial charge in [0.05, 0.1) is 6.42 Å². The van der Waals surface area contributed by atoms with E-state index in [1.807, 2.05) is 37.1 Å². The summed E-state index contributed by atoms with van der Waals surface area (Å²) in [6.07, 6.45) is 2.53. The first-order chi connectivity index (χ1) is 13.9. The highest BCUT2D eigenvalue weighted by atomic mass is 16.2. The Balaban J connectivity index is 1.42. The van der Waals surface area contributed by atoms with E-state index in [4.69, 9.17) is 4.98 Å². The molecule has 2 aromatic heterocycles. The second kappa shape index (κ2) is 7.85. The Bertz CT molecular complexity index is 1030. The van der Waals surface area contributed by atoms with Crippen molar-refractivity contribution in [3.63, 3.8) is 0 Å². The third-order valence-electron chi connectivity index (χ3n) is 5.65. The number of carbonyl (C=O) groups is 1. The summed E-state index contributed by atoms with van der Waals surface area (Å²) in [7, 11) is 2.03. The highest BCUT2D eigenvalue weighted by Gasteiger charge is 2.23. The van der Waals surface area contributed by atoms with Gasteiger partial charge in [-0.25, -0.2) is 9.97 Å². The number of piperazine rings is 1. The number of aryl methyl sites for hydroxylation is 2. The second-order valence-electron chi connectivity index (χ2n) is 8.21. The third-order valence-corrected chi connectivity index (χ3v) is 5.65. The fourth-order valence-electron chi connectivity index (χ4n) is 4.02. The van der Waals surface area contributed by atoms with E-state index < -0.39 is 0 Å². The van der Waals surface area contributed by atoms with Crippen LogP contribution in [0.25, 0.3) is 10.9 Å². The normalized spacial score (nSPS) is 14.8. The van der Waals surface area contributed by atoms with Crippen molar-refractivity contribution in [2.24, 2.45) is 7.05 Å². The van der Waals surface area contributed by atoms with Crippen molar-refractivity contribution in [3.05, 3.63) is 53.6 Å². The lowest BCUT2D eigenvalue weighted by Crippen LogP contribution is -2.49. The molecule has 0 N–H and O–H groups in total. The number of nitrogens with zero attached hydrogens (tertiary/aromatic N) is 5. The standard InChI is InChI=1S/C23H29N5O/c1-16(2)23-24-17(3)13-21(25-23)27-9-11-28(12-10-27)22(29)14-18-15-26(4)20-8-6-5-7-19(18)20/h5-8,13,15-16H,9-12,14H2,1-4H3. The van der Waals surface area contributed by atoms with E-state index in [-0.39, 0.29) is 5.91 Å². The van der Waals surface area contributed by atoms with Gasteiger partial charge < -0.3 is 14.4 Å². The minimum Gasteiger partial charge on any atom is -0.353 e. The Morgan fingerprint density at radius 1 is 1.10 bits per heavy atom. The summed E-state index contributed by atoms with van der Waals surface area (Å²) in [6, 6.07) is 10.3. The Labute approximate surface area is 172 Å². The molecule has 1 fully saturated rings. The van der Waals surface area contributed by atoms with Crippen LogP contribution in [-0.4, -0.2) is 51.5 Å². The lowest BCUT2D eigenvalue weighted by Gasteiger charge is -2.35. The number of anilines is 1. The average molecular weight is 392 g/mol. The molecule has 4 rings (SSSR count). The lowest BCUT2D eigenvalue weighted by molar-refractivity contribution is -0.130. The van der Waals surface area contributed by atoms with Crippen LogP contribution in [0.15, 0.2) is 36.5 Å². The number of benzene rings is 1. The van der Waals surface area contributed by atoms with Crippen molar-refractivity contribution in [2.45, 2.75) is 33.1 Å². The molecule has 0 aliphatic carbocycles. The zero-order valence-electron chi connectivity index (χ0n) is 17.7. The molecule has 0 saturated carbocycles. The molecule has 3 aromatic rings. The fourth-order valence-corrected chi connectivity index (χ4v) is 4.02. The van der Waals surface area contributed by atoms with Crippen LogP contribution in [0.1, 0.15) is 36.8 Å². The van der Waals surface area contributed by atoms with Crippen molar-refractivity contribution in [2.75, 3.05) is 31.1 Å². The number of fused-ring (bicyclic) bond motifs is 1. The molecule has 6 nitrogen and oxygen atoms in total. The van der Waals surface area contributed by atoms with Crippen LogP contribution in [-0.2, 0) is 18.3 Å². The van der Waals surface area contributed by atoms with Crippen molar-refractivity contribution < 1.29 is 4.79 Å². The van der Waals surface area contributed by atoms with Crippen molar-refractivity contribution in [1.29, 1.82) is 0 Å². The Kier molecular flexibility index (Phi) is 5.26. The number of amides is 1. The average Bonchev–Trinajstić information content (AvgIpc) is 3.03. The van der Waals surface area contributed by atoms with Crippen LogP contribution in [0.4, 0.5) is 5.82 Å². The summed E-state index contributed by atoms with van der Waals surface area (Å²) in [5.41, 5.74) is 3.26. The number of rotatable bonds is 4. The predicted octanol–water partition coefficient (Wildman–Crippen LogP) is 3.29. The molecular weight excluding hydrogens is 362 g/mol. The van der Waals surface area contributed by atoms with Gasteiger partial charge >= 0.3 is 0 Å². The predicted molar refractivity (Wildman–Crippen MR) is 116 cm³/mol. The van der Waals surface area contributed by atoms with Gasteiger partial charge in [0.15, 0.2) is 0 Å². The molecule has 0 atom stereocenters. The summed E-state index contributed by atoms with van der Waals surface area (Å²) in [4.78, 5) is 26.5. The van der Waals surface area contributed by atoms with Crippen molar-refractivity contribution >= 4 is 22.6 Å². The minimum absolute atomic E-state index is 0.197. The Morgan fingerprint density at radius 3 is 2.55 bits per heavy atom. The monoisotopic (exact) mass is 391 g/mol. The zero-order valence-corrected chi connectivity index (χ0v) is 17.7. The van der Waals surface area contributed by atoms with Crippen LogP contribution in [0.5, 0.6) is 0 Å². The summed E-state index contributed by atoms with van der Waals surface area (Å²) >= 11 is 0. The van der Waals surface area contributed by atoms with E-state index in [2.05, 4.69) is 46.6 Å². The number of carbonyl (C=O) groups excluding carboxylic acids is 1. The first-order valence-corrected chi connectivity index (χ1v) is 10.3. The van der Waals surface area contributed by atoms with Crippen molar-refractivity contribution in [1.82, 2.24) is 19.4 Å². The smallest absolute Gasteiger partial charge is 0.227 e. The van der Waals surface area contributed by atoms with Gasteiger partial charge in [-0.3, -0.25) is 4.79 Å². The van der Waals surface area contributed by atoms with Crippen LogP contribution < -0.4 is 4.90 Å². The van der Waals surface area contributed by atoms with Gasteiger partial charge in [0, 0.05) is 68.0 Å². The maximum absolute atomic E-state index is 12.9. The van der Waals surface area contributed by atoms with Gasteiger partial charge in [-0.1, -0.05) is 32.0 Å². The van der Waals surface area contributed by atoms with Crippen LogP contribution in [0.3, 0.4) is 0 Å². The molecule has 29 heavy (non-hydrogen) atoms. The van der Waals surface area contributed by atoms with Gasteiger partial charge in [0.2, 0.25) is 5.91 Å². The minimum atomic E-state index is 0.197. The molecule has 1 aromatic carbocycles. The first kappa shape index (κ1) is 19.4. The molecule has 0 radical (unpaired) electrons. The van der Waals surface area contributed by atoms with Crippen molar-refractivity contribution in [3.8, 4) is 0 Å². The van der Waals surface area contributed by atoms with Gasteiger partial charge in [-0.05, 0) is 18.6 Å². The molecule has 0 bridgehead atoms. The van der Waals surface area contributed by atoms with Crippen LogP contribution in [0, 0.1) is 6.92 Å². The van der Waals surface area contributed by atoms with Gasteiger partial charge in [0.1, 0.15) is 11.6 Å². The molecule has 1 aliphatic heterocycles. The number of hydrogen-bond donors (Lipinski definition) is 0. The first-order valence-electron chi connectivity index (χ1n) is 10.3. The molecule has 6 heteroatoms. The highest BCUT2D eigenvalue weighted by molar-refractivity contribution is 5.89. The maximum atomic E-state index is 12.9. The van der Waals surface area contributed by atoms with Gasteiger partial charge in [-0.2, -0.15) is 0 Å². The molecule has 0 unspecified atom stereocenters. The van der Waals surface area contributed by atoms with E-state index in [0.717, 1.165) is 49.1 Å². The van der Waals surface area contributed by atoms with E-state index in [1.54, 1.807) is 0 Å². The molecule has 0 spiro atoms. The molecule has 3 heterocycles. The molecule has 152 valence electrons. The summed E-state index contributed by atoms with van der Waals surface area (Å²) < 4.78 is 2.10. The van der Waals surface area contributed by atoms with E-state index in [9.17, 15) is 4.79 Å². The second-order valence-corrected chi connectivity index (χ2v) is 8.21. The van der Waals surface area contributed by atoms with E-state index >= 15 is 0 Å².